The van der Waals surface area contributed by atoms with Crippen LogP contribution >= 0.6 is 0 Å². The SMILES string of the molecule is CCCNC(CCc1nccn1C)C1CCC(CC)C1. The van der Waals surface area contributed by atoms with Crippen LogP contribution in [0.3, 0.4) is 0 Å². The molecule has 0 spiro atoms. The first-order valence-corrected chi connectivity index (χ1v) is 8.44. The maximum atomic E-state index is 4.46. The number of nitrogens with one attached hydrogen (secondary N) is 1. The smallest absolute Gasteiger partial charge is 0.108 e. The second kappa shape index (κ2) is 7.82. The maximum Gasteiger partial charge on any atom is 0.108 e. The van der Waals surface area contributed by atoms with E-state index < -0.39 is 0 Å². The maximum absolute atomic E-state index is 4.46. The van der Waals surface area contributed by atoms with Gasteiger partial charge in [0.2, 0.25) is 0 Å². The summed E-state index contributed by atoms with van der Waals surface area (Å²) in [6.45, 7) is 5.75. The zero-order valence-corrected chi connectivity index (χ0v) is 13.4. The number of aromatic nitrogens is 2. The van der Waals surface area contributed by atoms with Gasteiger partial charge in [-0.2, -0.15) is 0 Å². The van der Waals surface area contributed by atoms with Gasteiger partial charge < -0.3 is 9.88 Å². The number of rotatable bonds is 8. The minimum Gasteiger partial charge on any atom is -0.338 e. The fourth-order valence-electron chi connectivity index (χ4n) is 3.61. The number of hydrogen-bond acceptors (Lipinski definition) is 2. The van der Waals surface area contributed by atoms with Crippen LogP contribution in [0.2, 0.25) is 0 Å². The minimum absolute atomic E-state index is 0.684. The normalized spacial score (nSPS) is 24.1. The molecule has 0 bridgehead atoms. The first-order valence-electron chi connectivity index (χ1n) is 8.44. The Kier molecular flexibility index (Phi) is 6.08. The second-order valence-electron chi connectivity index (χ2n) is 6.40. The number of nitrogens with zero attached hydrogens (tertiary/aromatic N) is 2. The highest BCUT2D eigenvalue weighted by atomic mass is 15.0. The summed E-state index contributed by atoms with van der Waals surface area (Å²) in [6, 6.07) is 0.684. The van der Waals surface area contributed by atoms with Crippen molar-refractivity contribution in [2.75, 3.05) is 6.54 Å². The summed E-state index contributed by atoms with van der Waals surface area (Å²) in [4.78, 5) is 4.46. The van der Waals surface area contributed by atoms with Crippen molar-refractivity contribution < 1.29 is 0 Å². The van der Waals surface area contributed by atoms with Gasteiger partial charge >= 0.3 is 0 Å². The van der Waals surface area contributed by atoms with Crippen LogP contribution in [0.5, 0.6) is 0 Å². The van der Waals surface area contributed by atoms with Gasteiger partial charge in [-0.3, -0.25) is 0 Å². The first-order chi connectivity index (χ1) is 9.74. The van der Waals surface area contributed by atoms with Crippen molar-refractivity contribution in [2.45, 2.75) is 64.8 Å². The Morgan fingerprint density at radius 1 is 1.40 bits per heavy atom. The molecule has 1 saturated carbocycles. The van der Waals surface area contributed by atoms with E-state index in [9.17, 15) is 0 Å². The molecular formula is C17H31N3. The summed E-state index contributed by atoms with van der Waals surface area (Å²) in [7, 11) is 2.10. The van der Waals surface area contributed by atoms with Crippen molar-refractivity contribution >= 4 is 0 Å². The Hall–Kier alpha value is -0.830. The molecule has 1 aromatic heterocycles. The number of aryl methyl sites for hydroxylation is 2. The van der Waals surface area contributed by atoms with Crippen molar-refractivity contribution in [3.8, 4) is 0 Å². The van der Waals surface area contributed by atoms with E-state index in [2.05, 4.69) is 35.8 Å². The van der Waals surface area contributed by atoms with E-state index in [1.54, 1.807) is 0 Å². The molecule has 3 heteroatoms. The lowest BCUT2D eigenvalue weighted by Gasteiger charge is -2.25. The summed E-state index contributed by atoms with van der Waals surface area (Å²) >= 11 is 0. The molecule has 2 rings (SSSR count). The lowest BCUT2D eigenvalue weighted by atomic mass is 9.92. The molecule has 1 aliphatic rings. The molecule has 20 heavy (non-hydrogen) atoms. The highest BCUT2D eigenvalue weighted by Crippen LogP contribution is 2.36. The average Bonchev–Trinajstić information content (AvgIpc) is 3.08. The monoisotopic (exact) mass is 277 g/mol. The van der Waals surface area contributed by atoms with Gasteiger partial charge in [0, 0.05) is 31.9 Å². The Bertz CT molecular complexity index is 385. The summed E-state index contributed by atoms with van der Waals surface area (Å²) in [5, 5.41) is 3.80. The number of imidazole rings is 1. The minimum atomic E-state index is 0.684. The second-order valence-corrected chi connectivity index (χ2v) is 6.40. The zero-order valence-electron chi connectivity index (χ0n) is 13.4. The van der Waals surface area contributed by atoms with E-state index in [-0.39, 0.29) is 0 Å². The van der Waals surface area contributed by atoms with Crippen LogP contribution in [-0.2, 0) is 13.5 Å². The lowest BCUT2D eigenvalue weighted by molar-refractivity contribution is 0.327. The Morgan fingerprint density at radius 2 is 2.25 bits per heavy atom. The van der Waals surface area contributed by atoms with E-state index in [1.165, 1.54) is 44.3 Å². The van der Waals surface area contributed by atoms with Gasteiger partial charge in [-0.05, 0) is 44.1 Å². The van der Waals surface area contributed by atoms with Gasteiger partial charge in [0.05, 0.1) is 0 Å². The fraction of sp³-hybridized carbons (Fsp3) is 0.824. The topological polar surface area (TPSA) is 29.9 Å². The summed E-state index contributed by atoms with van der Waals surface area (Å²) in [5.41, 5.74) is 0. The Labute approximate surface area is 124 Å². The van der Waals surface area contributed by atoms with E-state index in [1.807, 2.05) is 12.4 Å². The van der Waals surface area contributed by atoms with Crippen molar-refractivity contribution in [3.63, 3.8) is 0 Å². The Balaban J connectivity index is 1.88. The van der Waals surface area contributed by atoms with Crippen molar-refractivity contribution in [3.05, 3.63) is 18.2 Å². The highest BCUT2D eigenvalue weighted by molar-refractivity contribution is 4.93. The van der Waals surface area contributed by atoms with E-state index in [0.29, 0.717) is 6.04 Å². The third-order valence-corrected chi connectivity index (χ3v) is 4.98. The highest BCUT2D eigenvalue weighted by Gasteiger charge is 2.29. The van der Waals surface area contributed by atoms with Crippen LogP contribution in [0.4, 0.5) is 0 Å². The molecule has 1 fully saturated rings. The third-order valence-electron chi connectivity index (χ3n) is 4.98. The van der Waals surface area contributed by atoms with E-state index in [0.717, 1.165) is 24.8 Å². The van der Waals surface area contributed by atoms with Crippen LogP contribution in [0.1, 0.15) is 58.2 Å². The van der Waals surface area contributed by atoms with Gasteiger partial charge in [0.1, 0.15) is 5.82 Å². The largest absolute Gasteiger partial charge is 0.338 e. The molecular weight excluding hydrogens is 246 g/mol. The van der Waals surface area contributed by atoms with Gasteiger partial charge in [-0.25, -0.2) is 4.98 Å². The fourth-order valence-corrected chi connectivity index (χ4v) is 3.61. The van der Waals surface area contributed by atoms with Crippen molar-refractivity contribution in [1.29, 1.82) is 0 Å². The third kappa shape index (κ3) is 4.08. The molecule has 1 heterocycles. The van der Waals surface area contributed by atoms with Crippen LogP contribution < -0.4 is 5.32 Å². The average molecular weight is 277 g/mol. The van der Waals surface area contributed by atoms with Crippen LogP contribution in [0.15, 0.2) is 12.4 Å². The van der Waals surface area contributed by atoms with Gasteiger partial charge in [0.25, 0.3) is 0 Å². The molecule has 0 aromatic carbocycles. The molecule has 3 unspecified atom stereocenters. The number of hydrogen-bond donors (Lipinski definition) is 1. The van der Waals surface area contributed by atoms with Gasteiger partial charge in [-0.15, -0.1) is 0 Å². The summed E-state index contributed by atoms with van der Waals surface area (Å²) in [6.07, 6.45) is 13.1. The molecule has 114 valence electrons. The van der Waals surface area contributed by atoms with Gasteiger partial charge in [-0.1, -0.05) is 26.7 Å². The molecule has 0 aliphatic heterocycles. The molecule has 1 aromatic rings. The summed E-state index contributed by atoms with van der Waals surface area (Å²) < 4.78 is 2.15. The molecule has 1 N–H and O–H groups in total. The molecule has 3 atom stereocenters. The molecule has 0 amide bonds. The molecule has 3 nitrogen and oxygen atoms in total. The van der Waals surface area contributed by atoms with Crippen LogP contribution in [-0.4, -0.2) is 22.1 Å². The first kappa shape index (κ1) is 15.6. The standard InChI is InChI=1S/C17H31N3/c1-4-10-18-16(15-7-6-14(5-2)13-15)8-9-17-19-11-12-20(17)3/h11-12,14-16,18H,4-10,13H2,1-3H3. The van der Waals surface area contributed by atoms with Crippen LogP contribution in [0.25, 0.3) is 0 Å². The van der Waals surface area contributed by atoms with E-state index >= 15 is 0 Å². The van der Waals surface area contributed by atoms with Gasteiger partial charge in [0.15, 0.2) is 0 Å². The zero-order chi connectivity index (χ0) is 14.4. The molecule has 0 saturated heterocycles. The lowest BCUT2D eigenvalue weighted by Crippen LogP contribution is -2.36. The molecule has 1 aliphatic carbocycles. The summed E-state index contributed by atoms with van der Waals surface area (Å²) in [5.74, 6) is 3.07. The quantitative estimate of drug-likeness (QED) is 0.787. The molecule has 0 radical (unpaired) electrons. The predicted molar refractivity (Wildman–Crippen MR) is 84.7 cm³/mol. The Morgan fingerprint density at radius 3 is 2.85 bits per heavy atom. The van der Waals surface area contributed by atoms with Crippen molar-refractivity contribution in [1.82, 2.24) is 14.9 Å². The predicted octanol–water partition coefficient (Wildman–Crippen LogP) is 3.55. The van der Waals surface area contributed by atoms with E-state index in [4.69, 9.17) is 0 Å². The van der Waals surface area contributed by atoms with Crippen molar-refractivity contribution in [2.24, 2.45) is 18.9 Å². The van der Waals surface area contributed by atoms with Crippen LogP contribution in [0, 0.1) is 11.8 Å².